The minimum absolute atomic E-state index is 0.0828. The van der Waals surface area contributed by atoms with Gasteiger partial charge >= 0.3 is 0 Å². The Bertz CT molecular complexity index is 1250. The number of hydrogen-bond donors (Lipinski definition) is 0. The topological polar surface area (TPSA) is 54.3 Å². The predicted molar refractivity (Wildman–Crippen MR) is 125 cm³/mol. The van der Waals surface area contributed by atoms with Crippen LogP contribution in [0.15, 0.2) is 48.5 Å². The van der Waals surface area contributed by atoms with Gasteiger partial charge in [0.1, 0.15) is 5.82 Å². The molecular formula is C24H24FN5OS. The van der Waals surface area contributed by atoms with Crippen LogP contribution in [0.1, 0.15) is 28.5 Å². The lowest BCUT2D eigenvalue weighted by atomic mass is 10.1. The molecule has 0 aliphatic carbocycles. The lowest BCUT2D eigenvalue weighted by Crippen LogP contribution is -2.48. The molecule has 1 aliphatic rings. The lowest BCUT2D eigenvalue weighted by Gasteiger charge is -2.34. The van der Waals surface area contributed by atoms with Crippen molar-refractivity contribution in [3.63, 3.8) is 0 Å². The predicted octanol–water partition coefficient (Wildman–Crippen LogP) is 4.45. The maximum Gasteiger partial charge on any atom is 0.253 e. The third kappa shape index (κ3) is 3.75. The highest BCUT2D eigenvalue weighted by atomic mass is 32.1. The molecule has 0 saturated carbocycles. The van der Waals surface area contributed by atoms with E-state index in [2.05, 4.69) is 16.9 Å². The van der Waals surface area contributed by atoms with Gasteiger partial charge in [-0.1, -0.05) is 30.4 Å². The van der Waals surface area contributed by atoms with E-state index < -0.39 is 0 Å². The third-order valence-electron chi connectivity index (χ3n) is 5.89. The molecule has 2 aromatic carbocycles. The molecule has 0 atom stereocenters. The molecule has 0 N–H and O–H groups in total. The van der Waals surface area contributed by atoms with E-state index in [0.717, 1.165) is 51.9 Å². The monoisotopic (exact) mass is 449 g/mol. The van der Waals surface area contributed by atoms with Gasteiger partial charge in [-0.05, 0) is 55.3 Å². The molecule has 0 bridgehead atoms. The van der Waals surface area contributed by atoms with Crippen LogP contribution in [-0.4, -0.2) is 51.8 Å². The molecular weight excluding hydrogens is 425 g/mol. The van der Waals surface area contributed by atoms with E-state index in [4.69, 9.17) is 4.98 Å². The number of anilines is 1. The van der Waals surface area contributed by atoms with Crippen LogP contribution in [0, 0.1) is 12.7 Å². The summed E-state index contributed by atoms with van der Waals surface area (Å²) in [5.74, 6) is -0.194. The number of benzene rings is 2. The average molecular weight is 450 g/mol. The number of piperazine rings is 1. The maximum atomic E-state index is 13.3. The summed E-state index contributed by atoms with van der Waals surface area (Å²) in [6.07, 6.45) is 0.966. The Balaban J connectivity index is 1.32. The zero-order valence-electron chi connectivity index (χ0n) is 18.1. The second-order valence-corrected chi connectivity index (χ2v) is 8.93. The van der Waals surface area contributed by atoms with Crippen molar-refractivity contribution in [2.75, 3.05) is 31.1 Å². The maximum absolute atomic E-state index is 13.3. The van der Waals surface area contributed by atoms with Crippen molar-refractivity contribution in [3.05, 3.63) is 71.2 Å². The summed E-state index contributed by atoms with van der Waals surface area (Å²) in [6, 6.07) is 14.2. The Morgan fingerprint density at radius 2 is 1.72 bits per heavy atom. The Morgan fingerprint density at radius 3 is 2.38 bits per heavy atom. The number of rotatable bonds is 4. The number of fused-ring (bicyclic) bond motifs is 1. The summed E-state index contributed by atoms with van der Waals surface area (Å²) in [4.78, 5) is 21.9. The lowest BCUT2D eigenvalue weighted by molar-refractivity contribution is 0.0746. The molecule has 6 nitrogen and oxygen atoms in total. The van der Waals surface area contributed by atoms with Gasteiger partial charge in [-0.2, -0.15) is 10.1 Å². The fourth-order valence-electron chi connectivity index (χ4n) is 3.99. The average Bonchev–Trinajstić information content (AvgIpc) is 3.40. The zero-order valence-corrected chi connectivity index (χ0v) is 18.9. The van der Waals surface area contributed by atoms with Crippen LogP contribution in [0.5, 0.6) is 0 Å². The second kappa shape index (κ2) is 8.35. The standard InChI is InChI=1S/C24H24FN5OS/c1-3-17-4-6-18(7-5-17)23(31)28-12-14-29(15-13-28)24-26-22-21(32-24)16(2)27-30(22)20-10-8-19(25)9-11-20/h4-11H,3,12-15H2,1-2H3. The number of halogens is 1. The number of thiazole rings is 1. The van der Waals surface area contributed by atoms with Crippen molar-refractivity contribution in [2.24, 2.45) is 0 Å². The van der Waals surface area contributed by atoms with E-state index in [1.807, 2.05) is 36.1 Å². The SMILES string of the molecule is CCc1ccc(C(=O)N2CCN(c3nc4c(s3)c(C)nn4-c3ccc(F)cc3)CC2)cc1. The van der Waals surface area contributed by atoms with E-state index in [0.29, 0.717) is 13.1 Å². The van der Waals surface area contributed by atoms with Crippen LogP contribution in [0.2, 0.25) is 0 Å². The largest absolute Gasteiger partial charge is 0.344 e. The van der Waals surface area contributed by atoms with Crippen LogP contribution < -0.4 is 4.90 Å². The van der Waals surface area contributed by atoms with Crippen LogP contribution in [0.4, 0.5) is 9.52 Å². The zero-order chi connectivity index (χ0) is 22.2. The Labute approximate surface area is 189 Å². The molecule has 1 fully saturated rings. The molecule has 32 heavy (non-hydrogen) atoms. The fraction of sp³-hybridized carbons (Fsp3) is 0.292. The summed E-state index contributed by atoms with van der Waals surface area (Å²) in [5.41, 5.74) is 4.44. The summed E-state index contributed by atoms with van der Waals surface area (Å²) in [6.45, 7) is 6.86. The van der Waals surface area contributed by atoms with Crippen molar-refractivity contribution in [2.45, 2.75) is 20.3 Å². The Hall–Kier alpha value is -3.26. The van der Waals surface area contributed by atoms with Crippen molar-refractivity contribution in [3.8, 4) is 5.69 Å². The van der Waals surface area contributed by atoms with Gasteiger partial charge in [0.25, 0.3) is 5.91 Å². The van der Waals surface area contributed by atoms with Gasteiger partial charge in [0.15, 0.2) is 10.8 Å². The minimum atomic E-state index is -0.276. The number of carbonyl (C=O) groups is 1. The summed E-state index contributed by atoms with van der Waals surface area (Å²) in [7, 11) is 0. The van der Waals surface area contributed by atoms with E-state index in [1.54, 1.807) is 28.2 Å². The molecule has 1 amide bonds. The molecule has 1 aliphatic heterocycles. The first-order valence-electron chi connectivity index (χ1n) is 10.8. The molecule has 3 heterocycles. The van der Waals surface area contributed by atoms with Gasteiger partial charge in [0, 0.05) is 31.7 Å². The normalized spacial score (nSPS) is 14.3. The van der Waals surface area contributed by atoms with Gasteiger partial charge in [0.2, 0.25) is 0 Å². The number of nitrogens with zero attached hydrogens (tertiary/aromatic N) is 5. The highest BCUT2D eigenvalue weighted by Gasteiger charge is 2.25. The number of aryl methyl sites for hydroxylation is 2. The van der Waals surface area contributed by atoms with Gasteiger partial charge in [-0.3, -0.25) is 4.79 Å². The van der Waals surface area contributed by atoms with Crippen molar-refractivity contribution in [1.82, 2.24) is 19.7 Å². The summed E-state index contributed by atoms with van der Waals surface area (Å²) >= 11 is 1.61. The van der Waals surface area contributed by atoms with Crippen molar-refractivity contribution in [1.29, 1.82) is 0 Å². The first kappa shape index (κ1) is 20.6. The van der Waals surface area contributed by atoms with E-state index in [-0.39, 0.29) is 11.7 Å². The number of aromatic nitrogens is 3. The summed E-state index contributed by atoms with van der Waals surface area (Å²) in [5, 5.41) is 5.51. The number of amides is 1. The van der Waals surface area contributed by atoms with Crippen LogP contribution in [0.3, 0.4) is 0 Å². The van der Waals surface area contributed by atoms with Crippen LogP contribution >= 0.6 is 11.3 Å². The fourth-order valence-corrected chi connectivity index (χ4v) is 5.03. The molecule has 164 valence electrons. The first-order chi connectivity index (χ1) is 15.5. The highest BCUT2D eigenvalue weighted by Crippen LogP contribution is 2.33. The molecule has 8 heteroatoms. The summed E-state index contributed by atoms with van der Waals surface area (Å²) < 4.78 is 16.1. The molecule has 0 unspecified atom stereocenters. The molecule has 5 rings (SSSR count). The quantitative estimate of drug-likeness (QED) is 0.462. The van der Waals surface area contributed by atoms with Gasteiger partial charge in [-0.25, -0.2) is 9.07 Å². The van der Waals surface area contributed by atoms with Crippen LogP contribution in [-0.2, 0) is 6.42 Å². The highest BCUT2D eigenvalue weighted by molar-refractivity contribution is 7.22. The molecule has 0 spiro atoms. The molecule has 1 saturated heterocycles. The number of hydrogen-bond acceptors (Lipinski definition) is 5. The second-order valence-electron chi connectivity index (χ2n) is 7.95. The van der Waals surface area contributed by atoms with E-state index >= 15 is 0 Å². The first-order valence-corrected chi connectivity index (χ1v) is 11.6. The number of carbonyl (C=O) groups excluding carboxylic acids is 1. The Morgan fingerprint density at radius 1 is 1.03 bits per heavy atom. The third-order valence-corrected chi connectivity index (χ3v) is 7.11. The van der Waals surface area contributed by atoms with E-state index in [1.165, 1.54) is 17.7 Å². The van der Waals surface area contributed by atoms with Gasteiger partial charge in [0.05, 0.1) is 16.1 Å². The van der Waals surface area contributed by atoms with Crippen molar-refractivity contribution >= 4 is 32.7 Å². The van der Waals surface area contributed by atoms with E-state index in [9.17, 15) is 9.18 Å². The molecule has 4 aromatic rings. The van der Waals surface area contributed by atoms with Crippen molar-refractivity contribution < 1.29 is 9.18 Å². The Kier molecular flexibility index (Phi) is 5.38. The molecule has 0 radical (unpaired) electrons. The van der Waals surface area contributed by atoms with Gasteiger partial charge in [-0.15, -0.1) is 0 Å². The molecule has 2 aromatic heterocycles. The van der Waals surface area contributed by atoms with Gasteiger partial charge < -0.3 is 9.80 Å². The van der Waals surface area contributed by atoms with Crippen LogP contribution in [0.25, 0.3) is 16.0 Å². The smallest absolute Gasteiger partial charge is 0.253 e. The minimum Gasteiger partial charge on any atom is -0.344 e.